The largest absolute Gasteiger partial charge is 0.573 e. The Bertz CT molecular complexity index is 1530. The fourth-order valence-corrected chi connectivity index (χ4v) is 4.10. The lowest BCUT2D eigenvalue weighted by Gasteiger charge is -2.12. The number of carbonyl (C=O) groups is 2. The van der Waals surface area contributed by atoms with Gasteiger partial charge >= 0.3 is 6.36 Å². The van der Waals surface area contributed by atoms with E-state index in [0.717, 1.165) is 0 Å². The number of nitrogens with one attached hydrogen (secondary N) is 2. The molecule has 0 radical (unpaired) electrons. The van der Waals surface area contributed by atoms with Crippen LogP contribution in [0.1, 0.15) is 28.8 Å². The number of aromatic nitrogens is 2. The fourth-order valence-electron chi connectivity index (χ4n) is 3.89. The molecule has 4 aromatic rings. The molecule has 1 aliphatic carbocycles. The first kappa shape index (κ1) is 25.6. The maximum absolute atomic E-state index is 13.1. The van der Waals surface area contributed by atoms with Crippen molar-refractivity contribution in [2.24, 2.45) is 0 Å². The lowest BCUT2D eigenvalue weighted by atomic mass is 10.1. The molecular formula is C26H20ClF3N4O4. The van der Waals surface area contributed by atoms with E-state index in [0.29, 0.717) is 40.7 Å². The molecule has 1 aliphatic rings. The van der Waals surface area contributed by atoms with E-state index in [4.69, 9.17) is 11.6 Å². The maximum Gasteiger partial charge on any atom is 0.573 e. The number of fused-ring (bicyclic) bond motifs is 1. The van der Waals surface area contributed by atoms with Crippen molar-refractivity contribution in [3.63, 3.8) is 0 Å². The van der Waals surface area contributed by atoms with Gasteiger partial charge in [-0.1, -0.05) is 23.7 Å². The molecule has 38 heavy (non-hydrogen) atoms. The molecule has 12 heteroatoms. The summed E-state index contributed by atoms with van der Waals surface area (Å²) in [5.74, 6) is -1.30. The van der Waals surface area contributed by atoms with E-state index in [1.54, 1.807) is 36.4 Å². The van der Waals surface area contributed by atoms with Gasteiger partial charge < -0.3 is 20.5 Å². The van der Waals surface area contributed by atoms with Gasteiger partial charge in [-0.15, -0.1) is 13.2 Å². The van der Waals surface area contributed by atoms with Crippen molar-refractivity contribution in [3.8, 4) is 11.4 Å². The quantitative estimate of drug-likeness (QED) is 0.305. The molecule has 0 unspecified atom stereocenters. The van der Waals surface area contributed by atoms with Crippen LogP contribution in [-0.2, 0) is 11.3 Å². The molecule has 0 bridgehead atoms. The second-order valence-corrected chi connectivity index (χ2v) is 9.23. The summed E-state index contributed by atoms with van der Waals surface area (Å²) in [6, 6.07) is 15.2. The molecule has 8 nitrogen and oxygen atoms in total. The zero-order chi connectivity index (χ0) is 27.1. The van der Waals surface area contributed by atoms with Gasteiger partial charge in [0.1, 0.15) is 11.4 Å². The molecular weight excluding hydrogens is 525 g/mol. The molecule has 0 atom stereocenters. The number of halogens is 4. The number of rotatable bonds is 7. The monoisotopic (exact) mass is 544 g/mol. The molecule has 1 aromatic heterocycles. The number of amides is 2. The second kappa shape index (κ2) is 9.66. The van der Waals surface area contributed by atoms with E-state index in [1.165, 1.54) is 35.1 Å². The van der Waals surface area contributed by atoms with Crippen molar-refractivity contribution in [1.29, 1.82) is 0 Å². The average Bonchev–Trinajstić information content (AvgIpc) is 3.48. The molecule has 196 valence electrons. The van der Waals surface area contributed by atoms with E-state index in [-0.39, 0.29) is 22.9 Å². The minimum atomic E-state index is -4.79. The van der Waals surface area contributed by atoms with E-state index < -0.39 is 23.8 Å². The number of ether oxygens (including phenoxy) is 1. The van der Waals surface area contributed by atoms with Crippen molar-refractivity contribution >= 4 is 40.0 Å². The van der Waals surface area contributed by atoms with Gasteiger partial charge in [-0.05, 0) is 66.9 Å². The van der Waals surface area contributed by atoms with Crippen LogP contribution in [0.15, 0.2) is 66.9 Å². The Labute approximate surface area is 219 Å². The highest BCUT2D eigenvalue weighted by Crippen LogP contribution is 2.35. The van der Waals surface area contributed by atoms with Crippen molar-refractivity contribution in [2.45, 2.75) is 31.3 Å². The Balaban J connectivity index is 1.34. The molecule has 3 aromatic carbocycles. The number of carbonyl (C=O) groups excluding carboxylic acids is 2. The topological polar surface area (TPSA) is 105 Å². The molecule has 2 amide bonds. The molecule has 3 N–H and O–H groups in total. The first-order chi connectivity index (χ1) is 18.0. The zero-order valence-electron chi connectivity index (χ0n) is 19.6. The summed E-state index contributed by atoms with van der Waals surface area (Å²) >= 11 is 6.27. The summed E-state index contributed by atoms with van der Waals surface area (Å²) in [7, 11) is 0. The van der Waals surface area contributed by atoms with E-state index in [1.807, 2.05) is 0 Å². The molecule has 1 heterocycles. The van der Waals surface area contributed by atoms with Crippen molar-refractivity contribution < 1.29 is 32.6 Å². The Hall–Kier alpha value is -4.09. The Morgan fingerprint density at radius 3 is 2.53 bits per heavy atom. The van der Waals surface area contributed by atoms with Crippen LogP contribution in [0.5, 0.6) is 5.75 Å². The first-order valence-electron chi connectivity index (χ1n) is 11.5. The van der Waals surface area contributed by atoms with Gasteiger partial charge in [0.25, 0.3) is 11.8 Å². The van der Waals surface area contributed by atoms with Gasteiger partial charge in [0.05, 0.1) is 33.7 Å². The third kappa shape index (κ3) is 5.43. The fraction of sp³-hybridized carbons (Fsp3) is 0.192. The molecule has 0 aliphatic heterocycles. The highest BCUT2D eigenvalue weighted by atomic mass is 35.5. The molecule has 0 spiro atoms. The SMILES string of the molecule is O=C(Nc1cccc2c1cnn2-c1ccc(OC(F)(F)F)cc1)c1cc(CNC(=O)C2(O)CC2)ccc1Cl. The van der Waals surface area contributed by atoms with Gasteiger partial charge in [-0.2, -0.15) is 5.10 Å². The highest BCUT2D eigenvalue weighted by molar-refractivity contribution is 6.34. The molecule has 1 fully saturated rings. The normalized spacial score (nSPS) is 14.2. The summed E-state index contributed by atoms with van der Waals surface area (Å²) in [6.45, 7) is 0.119. The van der Waals surface area contributed by atoms with Crippen molar-refractivity contribution in [1.82, 2.24) is 15.1 Å². The van der Waals surface area contributed by atoms with E-state index >= 15 is 0 Å². The minimum Gasteiger partial charge on any atom is -0.406 e. The van der Waals surface area contributed by atoms with Crippen molar-refractivity contribution in [2.75, 3.05) is 5.32 Å². The van der Waals surface area contributed by atoms with Crippen LogP contribution in [0.3, 0.4) is 0 Å². The number of nitrogens with zero attached hydrogens (tertiary/aromatic N) is 2. The van der Waals surface area contributed by atoms with Crippen LogP contribution >= 0.6 is 11.6 Å². The number of hydrogen-bond acceptors (Lipinski definition) is 5. The second-order valence-electron chi connectivity index (χ2n) is 8.82. The van der Waals surface area contributed by atoms with Crippen LogP contribution in [0, 0.1) is 0 Å². The standard InChI is InChI=1S/C26H20ClF3N4O4/c27-20-9-4-15(13-31-24(36)25(37)10-11-25)12-18(20)23(35)33-21-2-1-3-22-19(21)14-32-34(22)16-5-7-17(8-6-16)38-26(28,29)30/h1-9,12,14,37H,10-11,13H2,(H,31,36)(H,33,35). The Kier molecular flexibility index (Phi) is 6.49. The van der Waals surface area contributed by atoms with Gasteiger partial charge in [0.2, 0.25) is 0 Å². The van der Waals surface area contributed by atoms with E-state index in [9.17, 15) is 27.9 Å². The Morgan fingerprint density at radius 2 is 1.84 bits per heavy atom. The predicted octanol–water partition coefficient (Wildman–Crippen LogP) is 4.97. The summed E-state index contributed by atoms with van der Waals surface area (Å²) in [5.41, 5.74) is 1.06. The number of benzene rings is 3. The van der Waals surface area contributed by atoms with Gasteiger partial charge in [0, 0.05) is 11.9 Å². The highest BCUT2D eigenvalue weighted by Gasteiger charge is 2.47. The average molecular weight is 545 g/mol. The Morgan fingerprint density at radius 1 is 1.11 bits per heavy atom. The van der Waals surface area contributed by atoms with Crippen LogP contribution in [0.2, 0.25) is 5.02 Å². The van der Waals surface area contributed by atoms with Crippen LogP contribution in [0.4, 0.5) is 18.9 Å². The molecule has 5 rings (SSSR count). The van der Waals surface area contributed by atoms with Gasteiger partial charge in [-0.3, -0.25) is 9.59 Å². The smallest absolute Gasteiger partial charge is 0.406 e. The first-order valence-corrected chi connectivity index (χ1v) is 11.8. The number of anilines is 1. The van der Waals surface area contributed by atoms with Crippen LogP contribution < -0.4 is 15.4 Å². The van der Waals surface area contributed by atoms with Gasteiger partial charge in [0.15, 0.2) is 0 Å². The van der Waals surface area contributed by atoms with Gasteiger partial charge in [-0.25, -0.2) is 4.68 Å². The van der Waals surface area contributed by atoms with Crippen LogP contribution in [-0.4, -0.2) is 38.7 Å². The number of alkyl halides is 3. The summed E-state index contributed by atoms with van der Waals surface area (Å²) in [6.07, 6.45) is -2.41. The lowest BCUT2D eigenvalue weighted by molar-refractivity contribution is -0.274. The molecule has 0 saturated heterocycles. The zero-order valence-corrected chi connectivity index (χ0v) is 20.3. The summed E-state index contributed by atoms with van der Waals surface area (Å²) < 4.78 is 42.8. The van der Waals surface area contributed by atoms with E-state index in [2.05, 4.69) is 20.5 Å². The maximum atomic E-state index is 13.1. The number of aliphatic hydroxyl groups is 1. The lowest BCUT2D eigenvalue weighted by Crippen LogP contribution is -2.35. The summed E-state index contributed by atoms with van der Waals surface area (Å²) in [5, 5.41) is 20.5. The van der Waals surface area contributed by atoms with Crippen molar-refractivity contribution in [3.05, 3.63) is 83.0 Å². The predicted molar refractivity (Wildman–Crippen MR) is 133 cm³/mol. The minimum absolute atomic E-state index is 0.119. The number of hydrogen-bond donors (Lipinski definition) is 3. The third-order valence-corrected chi connectivity index (χ3v) is 6.38. The summed E-state index contributed by atoms with van der Waals surface area (Å²) in [4.78, 5) is 25.1. The third-order valence-electron chi connectivity index (χ3n) is 6.05. The molecule has 1 saturated carbocycles. The van der Waals surface area contributed by atoms with Crippen LogP contribution in [0.25, 0.3) is 16.6 Å².